The van der Waals surface area contributed by atoms with Gasteiger partial charge >= 0.3 is 17.9 Å². The number of hydrogen-bond donors (Lipinski definition) is 2. The van der Waals surface area contributed by atoms with Gasteiger partial charge in [0.2, 0.25) is 0 Å². The topological polar surface area (TPSA) is 124 Å². The summed E-state index contributed by atoms with van der Waals surface area (Å²) in [5, 5.41) is 3.03. The Bertz CT molecular complexity index is 1030. The highest BCUT2D eigenvalue weighted by molar-refractivity contribution is 7.17. The van der Waals surface area contributed by atoms with Gasteiger partial charge in [0.05, 0.1) is 25.3 Å². The molecule has 0 saturated heterocycles. The highest BCUT2D eigenvalue weighted by Crippen LogP contribution is 2.39. The summed E-state index contributed by atoms with van der Waals surface area (Å²) in [5.74, 6) is -2.43. The first-order valence-electron chi connectivity index (χ1n) is 9.25. The first kappa shape index (κ1) is 21.6. The maximum atomic E-state index is 12.4. The molecule has 1 amide bonds. The Labute approximate surface area is 176 Å². The third-order valence-corrected chi connectivity index (χ3v) is 6.14. The number of esters is 3. The van der Waals surface area contributed by atoms with E-state index in [1.165, 1.54) is 25.6 Å². The van der Waals surface area contributed by atoms with Crippen LogP contribution in [0.2, 0.25) is 0 Å². The Hall–Kier alpha value is -3.14. The third-order valence-electron chi connectivity index (χ3n) is 4.93. The molecule has 1 aliphatic carbocycles. The van der Waals surface area contributed by atoms with E-state index in [-0.39, 0.29) is 11.3 Å². The number of methoxy groups -OCH3 is 2. The molecule has 0 atom stereocenters. The van der Waals surface area contributed by atoms with Gasteiger partial charge < -0.3 is 24.5 Å². The normalized spacial score (nSPS) is 12.3. The number of amides is 1. The van der Waals surface area contributed by atoms with Crippen LogP contribution in [0.1, 0.15) is 59.3 Å². The zero-order valence-electron chi connectivity index (χ0n) is 17.1. The summed E-state index contributed by atoms with van der Waals surface area (Å²) in [6.07, 6.45) is 2.57. The molecule has 2 aromatic heterocycles. The lowest BCUT2D eigenvalue weighted by Gasteiger charge is -2.08. The number of fused-ring (bicyclic) bond motifs is 1. The number of nitrogens with one attached hydrogen (secondary N) is 2. The van der Waals surface area contributed by atoms with Gasteiger partial charge in [0.1, 0.15) is 10.7 Å². The van der Waals surface area contributed by atoms with Crippen molar-refractivity contribution in [3.63, 3.8) is 0 Å². The maximum absolute atomic E-state index is 12.4. The number of aryl methyl sites for hydroxylation is 2. The van der Waals surface area contributed by atoms with Crippen molar-refractivity contribution in [3.8, 4) is 0 Å². The zero-order chi connectivity index (χ0) is 22.0. The standard InChI is InChI=1S/C20H22N2O7S/c1-9-14(18(24)27-3)10(2)21-16(9)20(26)29-8-13(23)22-17-15(19(25)28-4)11-6-5-7-12(11)30-17/h21H,5-8H2,1-4H3,(H,22,23). The van der Waals surface area contributed by atoms with Crippen LogP contribution < -0.4 is 5.32 Å². The Morgan fingerprint density at radius 3 is 2.33 bits per heavy atom. The monoisotopic (exact) mass is 434 g/mol. The molecule has 0 fully saturated rings. The van der Waals surface area contributed by atoms with E-state index in [9.17, 15) is 19.2 Å². The van der Waals surface area contributed by atoms with E-state index in [0.29, 0.717) is 21.8 Å². The summed E-state index contributed by atoms with van der Waals surface area (Å²) in [6.45, 7) is 2.67. The number of anilines is 1. The number of carbonyl (C=O) groups is 4. The van der Waals surface area contributed by atoms with Crippen LogP contribution in [0.15, 0.2) is 0 Å². The fourth-order valence-electron chi connectivity index (χ4n) is 3.54. The number of ether oxygens (including phenoxy) is 3. The van der Waals surface area contributed by atoms with Gasteiger partial charge in [-0.25, -0.2) is 14.4 Å². The minimum Gasteiger partial charge on any atom is -0.465 e. The van der Waals surface area contributed by atoms with Crippen LogP contribution in [0.25, 0.3) is 0 Å². The van der Waals surface area contributed by atoms with Crippen molar-refractivity contribution < 1.29 is 33.4 Å². The molecular formula is C20H22N2O7S. The summed E-state index contributed by atoms with van der Waals surface area (Å²) < 4.78 is 14.6. The maximum Gasteiger partial charge on any atom is 0.355 e. The zero-order valence-corrected chi connectivity index (χ0v) is 17.9. The van der Waals surface area contributed by atoms with E-state index in [0.717, 1.165) is 29.7 Å². The number of thiophene rings is 1. The predicted octanol–water partition coefficient (Wildman–Crippen LogP) is 2.55. The molecule has 0 aromatic carbocycles. The second-order valence-electron chi connectivity index (χ2n) is 6.79. The van der Waals surface area contributed by atoms with E-state index in [1.807, 2.05) is 0 Å². The molecule has 0 saturated carbocycles. The number of rotatable bonds is 6. The molecule has 160 valence electrons. The molecular weight excluding hydrogens is 412 g/mol. The molecule has 0 radical (unpaired) electrons. The van der Waals surface area contributed by atoms with Crippen LogP contribution in [0, 0.1) is 13.8 Å². The molecule has 1 aliphatic rings. The van der Waals surface area contributed by atoms with Crippen LogP contribution in [0.3, 0.4) is 0 Å². The van der Waals surface area contributed by atoms with Gasteiger partial charge in [-0.1, -0.05) is 0 Å². The highest BCUT2D eigenvalue weighted by Gasteiger charge is 2.28. The molecule has 0 spiro atoms. The average molecular weight is 434 g/mol. The van der Waals surface area contributed by atoms with Crippen LogP contribution in [-0.2, 0) is 31.8 Å². The number of H-pyrrole nitrogens is 1. The Kier molecular flexibility index (Phi) is 6.25. The quantitative estimate of drug-likeness (QED) is 0.529. The molecule has 10 heteroatoms. The van der Waals surface area contributed by atoms with Gasteiger partial charge in [-0.2, -0.15) is 0 Å². The average Bonchev–Trinajstić information content (AvgIpc) is 3.38. The first-order valence-corrected chi connectivity index (χ1v) is 10.1. The highest BCUT2D eigenvalue weighted by atomic mass is 32.1. The second-order valence-corrected chi connectivity index (χ2v) is 7.90. The largest absolute Gasteiger partial charge is 0.465 e. The van der Waals surface area contributed by atoms with Crippen LogP contribution in [0.5, 0.6) is 0 Å². The minimum absolute atomic E-state index is 0.0750. The SMILES string of the molecule is COC(=O)c1c(C)[nH]c(C(=O)OCC(=O)Nc2sc3c(c2C(=O)OC)CCC3)c1C. The predicted molar refractivity (Wildman–Crippen MR) is 108 cm³/mol. The smallest absolute Gasteiger partial charge is 0.355 e. The lowest BCUT2D eigenvalue weighted by molar-refractivity contribution is -0.119. The number of hydrogen-bond acceptors (Lipinski definition) is 8. The Morgan fingerprint density at radius 2 is 1.67 bits per heavy atom. The van der Waals surface area contributed by atoms with Crippen molar-refractivity contribution in [1.82, 2.24) is 4.98 Å². The molecule has 0 bridgehead atoms. The number of carbonyl (C=O) groups excluding carboxylic acids is 4. The van der Waals surface area contributed by atoms with Gasteiger partial charge in [0.25, 0.3) is 5.91 Å². The molecule has 2 N–H and O–H groups in total. The molecule has 2 heterocycles. The third kappa shape index (κ3) is 3.95. The van der Waals surface area contributed by atoms with E-state index in [4.69, 9.17) is 14.2 Å². The summed E-state index contributed by atoms with van der Waals surface area (Å²) in [7, 11) is 2.54. The summed E-state index contributed by atoms with van der Waals surface area (Å²) in [5.41, 5.74) is 2.45. The molecule has 2 aromatic rings. The van der Waals surface area contributed by atoms with Crippen LogP contribution >= 0.6 is 11.3 Å². The van der Waals surface area contributed by atoms with Crippen molar-refractivity contribution in [2.45, 2.75) is 33.1 Å². The van der Waals surface area contributed by atoms with E-state index in [2.05, 4.69) is 10.3 Å². The fraction of sp³-hybridized carbons (Fsp3) is 0.400. The molecule has 9 nitrogen and oxygen atoms in total. The van der Waals surface area contributed by atoms with Gasteiger partial charge in [-0.3, -0.25) is 4.79 Å². The first-order chi connectivity index (χ1) is 14.3. The van der Waals surface area contributed by atoms with Crippen molar-refractivity contribution in [2.24, 2.45) is 0 Å². The van der Waals surface area contributed by atoms with Gasteiger partial charge in [0.15, 0.2) is 6.61 Å². The lowest BCUT2D eigenvalue weighted by atomic mass is 10.1. The van der Waals surface area contributed by atoms with Gasteiger partial charge in [0, 0.05) is 10.6 Å². The Morgan fingerprint density at radius 1 is 1.00 bits per heavy atom. The van der Waals surface area contributed by atoms with Crippen molar-refractivity contribution in [1.29, 1.82) is 0 Å². The lowest BCUT2D eigenvalue weighted by Crippen LogP contribution is -2.22. The second kappa shape index (κ2) is 8.70. The molecule has 30 heavy (non-hydrogen) atoms. The van der Waals surface area contributed by atoms with Crippen molar-refractivity contribution in [2.75, 3.05) is 26.1 Å². The van der Waals surface area contributed by atoms with Crippen molar-refractivity contribution in [3.05, 3.63) is 38.5 Å². The van der Waals surface area contributed by atoms with E-state index in [1.54, 1.807) is 13.8 Å². The molecule has 3 rings (SSSR count). The summed E-state index contributed by atoms with van der Waals surface area (Å²) >= 11 is 1.33. The van der Waals surface area contributed by atoms with Gasteiger partial charge in [-0.15, -0.1) is 11.3 Å². The fourth-order valence-corrected chi connectivity index (χ4v) is 4.83. The molecule has 0 aliphatic heterocycles. The van der Waals surface area contributed by atoms with Crippen molar-refractivity contribution >= 4 is 40.2 Å². The molecule has 0 unspecified atom stereocenters. The van der Waals surface area contributed by atoms with Crippen LogP contribution in [-0.4, -0.2) is 49.6 Å². The Balaban J connectivity index is 1.68. The van der Waals surface area contributed by atoms with Crippen LogP contribution in [0.4, 0.5) is 5.00 Å². The number of aromatic amines is 1. The minimum atomic E-state index is -0.775. The van der Waals surface area contributed by atoms with E-state index < -0.39 is 30.4 Å². The summed E-state index contributed by atoms with van der Waals surface area (Å²) in [6, 6.07) is 0. The summed E-state index contributed by atoms with van der Waals surface area (Å²) in [4.78, 5) is 52.5. The van der Waals surface area contributed by atoms with E-state index >= 15 is 0 Å². The number of aromatic nitrogens is 1. The van der Waals surface area contributed by atoms with Gasteiger partial charge in [-0.05, 0) is 44.2 Å².